The van der Waals surface area contributed by atoms with Gasteiger partial charge >= 0.3 is 0 Å². The van der Waals surface area contributed by atoms with Crippen molar-refractivity contribution in [2.75, 3.05) is 0 Å². The van der Waals surface area contributed by atoms with Crippen molar-refractivity contribution in [2.24, 2.45) is 28.6 Å². The van der Waals surface area contributed by atoms with E-state index in [1.165, 1.54) is 31.8 Å². The molecule has 3 aliphatic carbocycles. The van der Waals surface area contributed by atoms with Gasteiger partial charge in [-0.1, -0.05) is 20.3 Å². The van der Waals surface area contributed by atoms with Gasteiger partial charge in [-0.25, -0.2) is 0 Å². The summed E-state index contributed by atoms with van der Waals surface area (Å²) in [4.78, 5) is 25.6. The SMILES string of the molecule is CC(C)(C#N)NC(=O)C1=CC(=O)NC2CC[C@@H]3[C@@H](CC[C@]4(C)CCC[C@@H]34)[C@@]12C. The van der Waals surface area contributed by atoms with Crippen LogP contribution in [0.3, 0.4) is 0 Å². The second-order valence-corrected chi connectivity index (χ2v) is 10.6. The van der Waals surface area contributed by atoms with E-state index in [0.717, 1.165) is 25.2 Å². The van der Waals surface area contributed by atoms with E-state index in [1.807, 2.05) is 0 Å². The largest absolute Gasteiger partial charge is 0.349 e. The molecule has 5 nitrogen and oxygen atoms in total. The Bertz CT molecular complexity index is 779. The third-order valence-electron chi connectivity index (χ3n) is 8.62. The molecule has 3 fully saturated rings. The number of nitrogens with one attached hydrogen (secondary N) is 2. The lowest BCUT2D eigenvalue weighted by molar-refractivity contribution is -0.129. The molecule has 1 heterocycles. The summed E-state index contributed by atoms with van der Waals surface area (Å²) < 4.78 is 0. The van der Waals surface area contributed by atoms with Gasteiger partial charge in [0.05, 0.1) is 6.07 Å². The van der Waals surface area contributed by atoms with E-state index >= 15 is 0 Å². The molecule has 5 heteroatoms. The highest BCUT2D eigenvalue weighted by molar-refractivity contribution is 6.04. The quantitative estimate of drug-likeness (QED) is 0.766. The van der Waals surface area contributed by atoms with Crippen LogP contribution in [0.4, 0.5) is 0 Å². The molecule has 0 bridgehead atoms. The molecule has 3 saturated carbocycles. The molecule has 4 aliphatic rings. The number of fused-ring (bicyclic) bond motifs is 5. The standard InChI is InChI=1S/C23H33N3O2/c1-21(2,13-24)26-20(28)17-12-19(27)25-18-8-7-14-15-6-5-10-22(15,3)11-9-16(14)23(17,18)4/h12,14-16,18H,5-11H2,1-4H3,(H,25,27)(H,26,28)/t14-,15-,16+,18?,22-,23-/m0/s1. The van der Waals surface area contributed by atoms with Gasteiger partial charge < -0.3 is 10.6 Å². The van der Waals surface area contributed by atoms with Gasteiger partial charge in [-0.15, -0.1) is 0 Å². The molecule has 0 saturated heterocycles. The topological polar surface area (TPSA) is 82.0 Å². The van der Waals surface area contributed by atoms with Crippen LogP contribution in [0.25, 0.3) is 0 Å². The number of hydrogen-bond acceptors (Lipinski definition) is 3. The van der Waals surface area contributed by atoms with Crippen LogP contribution in [0.5, 0.6) is 0 Å². The normalized spacial score (nSPS) is 42.2. The van der Waals surface area contributed by atoms with E-state index < -0.39 is 5.54 Å². The summed E-state index contributed by atoms with van der Waals surface area (Å²) >= 11 is 0. The van der Waals surface area contributed by atoms with Crippen LogP contribution in [-0.2, 0) is 9.59 Å². The lowest BCUT2D eigenvalue weighted by Gasteiger charge is -2.59. The fourth-order valence-electron chi connectivity index (χ4n) is 7.14. The second kappa shape index (κ2) is 6.34. The average molecular weight is 384 g/mol. The van der Waals surface area contributed by atoms with E-state index in [2.05, 4.69) is 30.6 Å². The Kier molecular flexibility index (Phi) is 4.41. The van der Waals surface area contributed by atoms with Crippen molar-refractivity contribution in [1.82, 2.24) is 10.6 Å². The van der Waals surface area contributed by atoms with Gasteiger partial charge in [-0.2, -0.15) is 5.26 Å². The zero-order valence-electron chi connectivity index (χ0n) is 17.6. The van der Waals surface area contributed by atoms with Crippen LogP contribution < -0.4 is 10.6 Å². The zero-order valence-corrected chi connectivity index (χ0v) is 17.6. The lowest BCUT2D eigenvalue weighted by Crippen LogP contribution is -2.63. The van der Waals surface area contributed by atoms with E-state index in [0.29, 0.717) is 22.8 Å². The predicted molar refractivity (Wildman–Crippen MR) is 107 cm³/mol. The van der Waals surface area contributed by atoms with E-state index in [9.17, 15) is 14.9 Å². The van der Waals surface area contributed by atoms with E-state index in [1.54, 1.807) is 13.8 Å². The number of amides is 2. The summed E-state index contributed by atoms with van der Waals surface area (Å²) in [6, 6.07) is 2.14. The van der Waals surface area contributed by atoms with Crippen molar-refractivity contribution in [3.05, 3.63) is 11.6 Å². The third-order valence-corrected chi connectivity index (χ3v) is 8.62. The van der Waals surface area contributed by atoms with Crippen LogP contribution in [0.15, 0.2) is 11.6 Å². The van der Waals surface area contributed by atoms with Gasteiger partial charge in [0.15, 0.2) is 0 Å². The van der Waals surface area contributed by atoms with Gasteiger partial charge in [-0.05, 0) is 75.5 Å². The molecule has 6 atom stereocenters. The van der Waals surface area contributed by atoms with Crippen molar-refractivity contribution in [1.29, 1.82) is 5.26 Å². The minimum atomic E-state index is -0.956. The summed E-state index contributed by atoms with van der Waals surface area (Å²) in [6.45, 7) is 8.05. The molecule has 0 radical (unpaired) electrons. The molecular weight excluding hydrogens is 350 g/mol. The van der Waals surface area contributed by atoms with Crippen molar-refractivity contribution in [3.8, 4) is 6.07 Å². The molecule has 152 valence electrons. The van der Waals surface area contributed by atoms with Crippen LogP contribution in [0.2, 0.25) is 0 Å². The Labute approximate surface area is 168 Å². The molecule has 2 N–H and O–H groups in total. The summed E-state index contributed by atoms with van der Waals surface area (Å²) in [7, 11) is 0. The first kappa shape index (κ1) is 19.5. The number of rotatable bonds is 2. The lowest BCUT2D eigenvalue weighted by atomic mass is 9.47. The fourth-order valence-corrected chi connectivity index (χ4v) is 7.14. The fraction of sp³-hybridized carbons (Fsp3) is 0.783. The predicted octanol–water partition coefficient (Wildman–Crippen LogP) is 3.46. The van der Waals surface area contributed by atoms with E-state index in [4.69, 9.17) is 0 Å². The smallest absolute Gasteiger partial charge is 0.249 e. The minimum Gasteiger partial charge on any atom is -0.349 e. The molecule has 4 rings (SSSR count). The highest BCUT2D eigenvalue weighted by Gasteiger charge is 2.60. The molecule has 0 aromatic heterocycles. The van der Waals surface area contributed by atoms with Crippen LogP contribution in [0.1, 0.15) is 72.6 Å². The van der Waals surface area contributed by atoms with Crippen LogP contribution >= 0.6 is 0 Å². The second-order valence-electron chi connectivity index (χ2n) is 10.6. The monoisotopic (exact) mass is 383 g/mol. The van der Waals surface area contributed by atoms with Crippen molar-refractivity contribution < 1.29 is 9.59 Å². The first-order valence-corrected chi connectivity index (χ1v) is 10.9. The maximum atomic E-state index is 13.2. The van der Waals surface area contributed by atoms with Crippen molar-refractivity contribution >= 4 is 11.8 Å². The summed E-state index contributed by atoms with van der Waals surface area (Å²) in [5, 5.41) is 15.4. The molecule has 1 unspecified atom stereocenters. The van der Waals surface area contributed by atoms with Gasteiger partial charge in [0, 0.05) is 23.1 Å². The van der Waals surface area contributed by atoms with E-state index in [-0.39, 0.29) is 23.3 Å². The maximum absolute atomic E-state index is 13.2. The van der Waals surface area contributed by atoms with Gasteiger partial charge in [-0.3, -0.25) is 9.59 Å². The number of carbonyl (C=O) groups excluding carboxylic acids is 2. The van der Waals surface area contributed by atoms with Crippen molar-refractivity contribution in [2.45, 2.75) is 84.2 Å². The highest BCUT2D eigenvalue weighted by atomic mass is 16.2. The summed E-state index contributed by atoms with van der Waals surface area (Å²) in [6.07, 6.45) is 9.87. The summed E-state index contributed by atoms with van der Waals surface area (Å²) in [5.74, 6) is 1.33. The summed E-state index contributed by atoms with van der Waals surface area (Å²) in [5.41, 5.74) is -0.281. The molecule has 28 heavy (non-hydrogen) atoms. The number of carbonyl (C=O) groups is 2. The first-order valence-electron chi connectivity index (χ1n) is 10.9. The van der Waals surface area contributed by atoms with Crippen molar-refractivity contribution in [3.63, 3.8) is 0 Å². The third kappa shape index (κ3) is 2.79. The van der Waals surface area contributed by atoms with Gasteiger partial charge in [0.25, 0.3) is 0 Å². The minimum absolute atomic E-state index is 0.00274. The molecular formula is C23H33N3O2. The zero-order chi connectivity index (χ0) is 20.3. The Balaban J connectivity index is 1.71. The molecule has 0 aromatic rings. The average Bonchev–Trinajstić information content (AvgIpc) is 3.03. The van der Waals surface area contributed by atoms with Gasteiger partial charge in [0.2, 0.25) is 11.8 Å². The Morgan fingerprint density at radius 1 is 1.21 bits per heavy atom. The Hall–Kier alpha value is -1.83. The molecule has 1 aliphatic heterocycles. The number of nitriles is 1. The Morgan fingerprint density at radius 3 is 2.68 bits per heavy atom. The maximum Gasteiger partial charge on any atom is 0.249 e. The van der Waals surface area contributed by atoms with Crippen LogP contribution in [-0.4, -0.2) is 23.4 Å². The Morgan fingerprint density at radius 2 is 1.96 bits per heavy atom. The highest BCUT2D eigenvalue weighted by Crippen LogP contribution is 2.64. The number of nitrogens with zero attached hydrogens (tertiary/aromatic N) is 1. The first-order chi connectivity index (χ1) is 13.1. The molecule has 0 spiro atoms. The van der Waals surface area contributed by atoms with Gasteiger partial charge in [0.1, 0.15) is 5.54 Å². The molecule has 0 aromatic carbocycles. The molecule has 2 amide bonds. The number of hydrogen-bond donors (Lipinski definition) is 2. The van der Waals surface area contributed by atoms with Crippen LogP contribution in [0, 0.1) is 39.9 Å².